The Balaban J connectivity index is 2.22. The maximum Gasteiger partial charge on any atom is 0.258 e. The molecule has 0 fully saturated rings. The summed E-state index contributed by atoms with van der Waals surface area (Å²) < 4.78 is 13.0. The Labute approximate surface area is 118 Å². The minimum atomic E-state index is -0.590. The molecule has 0 unspecified atom stereocenters. The first-order valence-corrected chi connectivity index (χ1v) is 5.99. The number of rotatable bonds is 2. The molecule has 0 radical (unpaired) electrons. The van der Waals surface area contributed by atoms with E-state index in [0.717, 1.165) is 6.07 Å². The highest BCUT2D eigenvalue weighted by Crippen LogP contribution is 2.17. The van der Waals surface area contributed by atoms with Crippen molar-refractivity contribution < 1.29 is 9.18 Å². The van der Waals surface area contributed by atoms with Crippen molar-refractivity contribution in [1.82, 2.24) is 9.97 Å². The minimum Gasteiger partial charge on any atom is -0.290 e. The van der Waals surface area contributed by atoms with Gasteiger partial charge in [0.05, 0.1) is 5.02 Å². The van der Waals surface area contributed by atoms with Gasteiger partial charge in [0.2, 0.25) is 5.95 Å². The molecule has 0 saturated heterocycles. The van der Waals surface area contributed by atoms with E-state index in [1.54, 1.807) is 13.0 Å². The van der Waals surface area contributed by atoms with Crippen molar-refractivity contribution in [2.45, 2.75) is 6.92 Å². The van der Waals surface area contributed by atoms with E-state index in [0.29, 0.717) is 5.69 Å². The van der Waals surface area contributed by atoms with E-state index in [9.17, 15) is 9.18 Å². The van der Waals surface area contributed by atoms with Crippen molar-refractivity contribution in [3.63, 3.8) is 0 Å². The van der Waals surface area contributed by atoms with E-state index in [-0.39, 0.29) is 21.7 Å². The molecule has 0 atom stereocenters. The van der Waals surface area contributed by atoms with Crippen LogP contribution >= 0.6 is 23.2 Å². The summed E-state index contributed by atoms with van der Waals surface area (Å²) in [5.74, 6) is -1.01. The zero-order chi connectivity index (χ0) is 14.0. The monoisotopic (exact) mass is 299 g/mol. The average molecular weight is 300 g/mol. The van der Waals surface area contributed by atoms with Crippen molar-refractivity contribution in [3.8, 4) is 0 Å². The molecule has 1 aromatic heterocycles. The molecule has 0 aliphatic carbocycles. The maximum atomic E-state index is 13.0. The molecule has 1 aromatic carbocycles. The van der Waals surface area contributed by atoms with Crippen LogP contribution in [0.4, 0.5) is 10.3 Å². The van der Waals surface area contributed by atoms with Crippen LogP contribution in [0.1, 0.15) is 16.1 Å². The normalized spacial score (nSPS) is 10.3. The summed E-state index contributed by atoms with van der Waals surface area (Å²) in [5.41, 5.74) is 0.820. The van der Waals surface area contributed by atoms with Crippen molar-refractivity contribution >= 4 is 35.1 Å². The van der Waals surface area contributed by atoms with Gasteiger partial charge in [0, 0.05) is 11.3 Å². The van der Waals surface area contributed by atoms with Gasteiger partial charge in [-0.2, -0.15) is 0 Å². The SMILES string of the molecule is Cc1cc(Cl)nc(NC(=O)c2ccc(F)c(Cl)c2)n1. The molecule has 2 rings (SSSR count). The number of nitrogens with zero attached hydrogens (tertiary/aromatic N) is 2. The molecule has 0 bridgehead atoms. The van der Waals surface area contributed by atoms with Crippen LogP contribution in [0.15, 0.2) is 24.3 Å². The van der Waals surface area contributed by atoms with E-state index < -0.39 is 11.7 Å². The first-order valence-electron chi connectivity index (χ1n) is 5.23. The van der Waals surface area contributed by atoms with E-state index in [2.05, 4.69) is 15.3 Å². The first kappa shape index (κ1) is 13.7. The number of anilines is 1. The standard InChI is InChI=1S/C12H8Cl2FN3O/c1-6-4-10(14)17-12(16-6)18-11(19)7-2-3-9(15)8(13)5-7/h2-5H,1H3,(H,16,17,18,19). The maximum absolute atomic E-state index is 13.0. The topological polar surface area (TPSA) is 54.9 Å². The molecule has 2 aromatic rings. The van der Waals surface area contributed by atoms with Crippen molar-refractivity contribution in [2.24, 2.45) is 0 Å². The van der Waals surface area contributed by atoms with E-state index in [4.69, 9.17) is 23.2 Å². The van der Waals surface area contributed by atoms with Gasteiger partial charge in [0.1, 0.15) is 11.0 Å². The highest BCUT2D eigenvalue weighted by Gasteiger charge is 2.11. The number of hydrogen-bond acceptors (Lipinski definition) is 3. The predicted molar refractivity (Wildman–Crippen MR) is 71.1 cm³/mol. The Bertz CT molecular complexity index is 629. The Kier molecular flexibility index (Phi) is 3.97. The van der Waals surface area contributed by atoms with Gasteiger partial charge in [-0.25, -0.2) is 14.4 Å². The molecule has 0 spiro atoms. The molecule has 1 N–H and O–H groups in total. The lowest BCUT2D eigenvalue weighted by Crippen LogP contribution is -2.14. The Morgan fingerprint density at radius 3 is 2.63 bits per heavy atom. The smallest absolute Gasteiger partial charge is 0.258 e. The highest BCUT2D eigenvalue weighted by atomic mass is 35.5. The molecule has 19 heavy (non-hydrogen) atoms. The van der Waals surface area contributed by atoms with Gasteiger partial charge < -0.3 is 0 Å². The van der Waals surface area contributed by atoms with Crippen LogP contribution in [0, 0.1) is 12.7 Å². The number of aryl methyl sites for hydroxylation is 1. The molecule has 4 nitrogen and oxygen atoms in total. The van der Waals surface area contributed by atoms with Crippen molar-refractivity contribution in [3.05, 3.63) is 51.5 Å². The summed E-state index contributed by atoms with van der Waals surface area (Å²) in [4.78, 5) is 19.7. The lowest BCUT2D eigenvalue weighted by atomic mass is 10.2. The fourth-order valence-electron chi connectivity index (χ4n) is 1.40. The number of carbonyl (C=O) groups is 1. The first-order chi connectivity index (χ1) is 8.95. The van der Waals surface area contributed by atoms with Crippen LogP contribution in [0.5, 0.6) is 0 Å². The summed E-state index contributed by atoms with van der Waals surface area (Å²) >= 11 is 11.4. The number of carbonyl (C=O) groups excluding carboxylic acids is 1. The van der Waals surface area contributed by atoms with Gasteiger partial charge in [-0.05, 0) is 31.2 Å². The number of aromatic nitrogens is 2. The summed E-state index contributed by atoms with van der Waals surface area (Å²) in [7, 11) is 0. The number of nitrogens with one attached hydrogen (secondary N) is 1. The van der Waals surface area contributed by atoms with Gasteiger partial charge in [0.25, 0.3) is 5.91 Å². The second-order valence-electron chi connectivity index (χ2n) is 3.74. The van der Waals surface area contributed by atoms with Crippen LogP contribution in [-0.4, -0.2) is 15.9 Å². The predicted octanol–water partition coefficient (Wildman–Crippen LogP) is 3.48. The zero-order valence-corrected chi connectivity index (χ0v) is 11.3. The third-order valence-corrected chi connectivity index (χ3v) is 2.71. The van der Waals surface area contributed by atoms with Crippen LogP contribution < -0.4 is 5.32 Å². The molecule has 98 valence electrons. The van der Waals surface area contributed by atoms with Gasteiger partial charge in [-0.1, -0.05) is 23.2 Å². The fourth-order valence-corrected chi connectivity index (χ4v) is 1.82. The molecule has 0 aliphatic heterocycles. The van der Waals surface area contributed by atoms with Gasteiger partial charge in [-0.3, -0.25) is 10.1 Å². The average Bonchev–Trinajstić information content (AvgIpc) is 2.31. The Morgan fingerprint density at radius 2 is 2.00 bits per heavy atom. The van der Waals surface area contributed by atoms with Crippen LogP contribution in [0.25, 0.3) is 0 Å². The number of halogens is 3. The number of amides is 1. The summed E-state index contributed by atoms with van der Waals surface area (Å²) in [5, 5.41) is 2.55. The molecule has 0 aliphatic rings. The lowest BCUT2D eigenvalue weighted by molar-refractivity contribution is 0.102. The quantitative estimate of drug-likeness (QED) is 0.864. The Morgan fingerprint density at radius 1 is 1.26 bits per heavy atom. The fraction of sp³-hybridized carbons (Fsp3) is 0.0833. The molecule has 7 heteroatoms. The van der Waals surface area contributed by atoms with Crippen molar-refractivity contribution in [1.29, 1.82) is 0 Å². The molecule has 1 heterocycles. The molecule has 0 saturated carbocycles. The summed E-state index contributed by atoms with van der Waals surface area (Å²) in [6.07, 6.45) is 0. The summed E-state index contributed by atoms with van der Waals surface area (Å²) in [6, 6.07) is 5.21. The number of hydrogen-bond donors (Lipinski definition) is 1. The summed E-state index contributed by atoms with van der Waals surface area (Å²) in [6.45, 7) is 1.72. The molecular weight excluding hydrogens is 292 g/mol. The zero-order valence-electron chi connectivity index (χ0n) is 9.75. The van der Waals surface area contributed by atoms with Gasteiger partial charge >= 0.3 is 0 Å². The second-order valence-corrected chi connectivity index (χ2v) is 4.53. The largest absolute Gasteiger partial charge is 0.290 e. The van der Waals surface area contributed by atoms with Crippen molar-refractivity contribution in [2.75, 3.05) is 5.32 Å². The highest BCUT2D eigenvalue weighted by molar-refractivity contribution is 6.31. The third-order valence-electron chi connectivity index (χ3n) is 2.23. The number of benzene rings is 1. The van der Waals surface area contributed by atoms with Crippen LogP contribution in [0.3, 0.4) is 0 Å². The van der Waals surface area contributed by atoms with Gasteiger partial charge in [0.15, 0.2) is 0 Å². The van der Waals surface area contributed by atoms with E-state index in [1.807, 2.05) is 0 Å². The lowest BCUT2D eigenvalue weighted by Gasteiger charge is -2.05. The second kappa shape index (κ2) is 5.50. The Hall–Kier alpha value is -1.72. The van der Waals surface area contributed by atoms with E-state index in [1.165, 1.54) is 12.1 Å². The van der Waals surface area contributed by atoms with Crippen LogP contribution in [-0.2, 0) is 0 Å². The minimum absolute atomic E-state index is 0.0791. The molecular formula is C12H8Cl2FN3O. The van der Waals surface area contributed by atoms with E-state index >= 15 is 0 Å². The van der Waals surface area contributed by atoms with Gasteiger partial charge in [-0.15, -0.1) is 0 Å². The molecule has 1 amide bonds. The third kappa shape index (κ3) is 3.39. The van der Waals surface area contributed by atoms with Crippen LogP contribution in [0.2, 0.25) is 10.2 Å².